The molecule has 1 rings (SSSR count). The van der Waals surface area contributed by atoms with E-state index < -0.39 is 23.8 Å². The lowest BCUT2D eigenvalue weighted by molar-refractivity contribution is -0.146. The van der Waals surface area contributed by atoms with Crippen molar-refractivity contribution in [2.45, 2.75) is 118 Å². The van der Waals surface area contributed by atoms with Crippen LogP contribution in [-0.2, 0) is 20.7 Å². The van der Waals surface area contributed by atoms with E-state index >= 15 is 0 Å². The molecule has 3 amide bonds. The SMILES string of the molecule is CCCCCNC(=O)C(c1ccc(CC)cc1)N(C(=O)C(NC(=O)OC(C)(C)C)C(C)C)C(C)CC. The second-order valence-electron chi connectivity index (χ2n) is 10.9. The van der Waals surface area contributed by atoms with Crippen molar-refractivity contribution in [2.24, 2.45) is 5.92 Å². The van der Waals surface area contributed by atoms with Crippen LogP contribution in [0.15, 0.2) is 24.3 Å². The van der Waals surface area contributed by atoms with Crippen LogP contribution in [0.4, 0.5) is 4.79 Å². The monoisotopic (exact) mass is 503 g/mol. The van der Waals surface area contributed by atoms with E-state index in [1.165, 1.54) is 0 Å². The van der Waals surface area contributed by atoms with Crippen LogP contribution in [0.5, 0.6) is 0 Å². The highest BCUT2D eigenvalue weighted by molar-refractivity contribution is 5.92. The van der Waals surface area contributed by atoms with Crippen molar-refractivity contribution in [3.63, 3.8) is 0 Å². The van der Waals surface area contributed by atoms with E-state index in [4.69, 9.17) is 4.74 Å². The zero-order chi connectivity index (χ0) is 27.5. The third-order valence-corrected chi connectivity index (χ3v) is 6.23. The average Bonchev–Trinajstić information content (AvgIpc) is 2.81. The Bertz CT molecular complexity index is 830. The lowest BCUT2D eigenvalue weighted by atomic mass is 9.96. The van der Waals surface area contributed by atoms with Crippen LogP contribution >= 0.6 is 0 Å². The van der Waals surface area contributed by atoms with E-state index in [9.17, 15) is 14.4 Å². The quantitative estimate of drug-likeness (QED) is 0.334. The summed E-state index contributed by atoms with van der Waals surface area (Å²) in [5.74, 6) is -0.699. The molecule has 0 aliphatic rings. The number of hydrogen-bond donors (Lipinski definition) is 2. The maximum Gasteiger partial charge on any atom is 0.408 e. The van der Waals surface area contributed by atoms with Crippen LogP contribution in [0.1, 0.15) is 105 Å². The van der Waals surface area contributed by atoms with Crippen LogP contribution in [-0.4, -0.2) is 47.0 Å². The van der Waals surface area contributed by atoms with Crippen molar-refractivity contribution < 1.29 is 19.1 Å². The van der Waals surface area contributed by atoms with E-state index in [-0.39, 0.29) is 23.8 Å². The van der Waals surface area contributed by atoms with Gasteiger partial charge in [-0.05, 0) is 64.0 Å². The van der Waals surface area contributed by atoms with Gasteiger partial charge < -0.3 is 20.3 Å². The first-order valence-electron chi connectivity index (χ1n) is 13.5. The van der Waals surface area contributed by atoms with Crippen LogP contribution < -0.4 is 10.6 Å². The van der Waals surface area contributed by atoms with Gasteiger partial charge in [0.2, 0.25) is 11.8 Å². The summed E-state index contributed by atoms with van der Waals surface area (Å²) in [5.41, 5.74) is 1.23. The van der Waals surface area contributed by atoms with Gasteiger partial charge in [-0.2, -0.15) is 0 Å². The van der Waals surface area contributed by atoms with E-state index in [1.54, 1.807) is 25.7 Å². The Morgan fingerprint density at radius 3 is 2.06 bits per heavy atom. The topological polar surface area (TPSA) is 87.7 Å². The number of hydrogen-bond acceptors (Lipinski definition) is 4. The molecule has 0 aromatic heterocycles. The number of rotatable bonds is 13. The minimum atomic E-state index is -0.834. The molecule has 0 heterocycles. The van der Waals surface area contributed by atoms with Gasteiger partial charge >= 0.3 is 6.09 Å². The van der Waals surface area contributed by atoms with Crippen molar-refractivity contribution in [3.05, 3.63) is 35.4 Å². The molecule has 7 nitrogen and oxygen atoms in total. The van der Waals surface area contributed by atoms with Gasteiger partial charge in [0.05, 0.1) is 0 Å². The minimum absolute atomic E-state index is 0.202. The Balaban J connectivity index is 3.44. The first kappa shape index (κ1) is 31.5. The summed E-state index contributed by atoms with van der Waals surface area (Å²) in [5, 5.41) is 5.83. The number of alkyl carbamates (subject to hydrolysis) is 1. The molecule has 204 valence electrons. The second-order valence-corrected chi connectivity index (χ2v) is 10.9. The largest absolute Gasteiger partial charge is 0.444 e. The maximum absolute atomic E-state index is 14.1. The van der Waals surface area contributed by atoms with Gasteiger partial charge in [0.1, 0.15) is 17.7 Å². The zero-order valence-electron chi connectivity index (χ0n) is 23.9. The smallest absolute Gasteiger partial charge is 0.408 e. The maximum atomic E-state index is 14.1. The van der Waals surface area contributed by atoms with Crippen molar-refractivity contribution in [1.82, 2.24) is 15.5 Å². The molecule has 0 radical (unpaired) electrons. The highest BCUT2D eigenvalue weighted by atomic mass is 16.6. The predicted octanol–water partition coefficient (Wildman–Crippen LogP) is 5.77. The molecule has 36 heavy (non-hydrogen) atoms. The zero-order valence-corrected chi connectivity index (χ0v) is 23.9. The van der Waals surface area contributed by atoms with Gasteiger partial charge in [0.15, 0.2) is 0 Å². The number of aryl methyl sites for hydroxylation is 1. The molecule has 3 unspecified atom stereocenters. The molecule has 0 aliphatic heterocycles. The summed E-state index contributed by atoms with van der Waals surface area (Å²) in [6.45, 7) is 17.8. The fraction of sp³-hybridized carbons (Fsp3) is 0.690. The molecule has 2 N–H and O–H groups in total. The van der Waals surface area contributed by atoms with Crippen molar-refractivity contribution in [2.75, 3.05) is 6.54 Å². The Morgan fingerprint density at radius 1 is 0.972 bits per heavy atom. The minimum Gasteiger partial charge on any atom is -0.444 e. The van der Waals surface area contributed by atoms with E-state index in [0.717, 1.165) is 36.8 Å². The molecule has 7 heteroatoms. The van der Waals surface area contributed by atoms with Crippen molar-refractivity contribution in [1.29, 1.82) is 0 Å². The van der Waals surface area contributed by atoms with Gasteiger partial charge in [0.25, 0.3) is 0 Å². The molecular formula is C29H49N3O4. The summed E-state index contributed by atoms with van der Waals surface area (Å²) < 4.78 is 5.43. The standard InChI is InChI=1S/C29H49N3O4/c1-10-13-14-19-30-26(33)25(23-17-15-22(12-3)16-18-23)32(21(6)11-2)27(34)24(20(4)5)31-28(35)36-29(7,8)9/h15-18,20-21,24-25H,10-14,19H2,1-9H3,(H,30,33)(H,31,35). The van der Waals surface area contributed by atoms with Crippen molar-refractivity contribution in [3.8, 4) is 0 Å². The summed E-state index contributed by atoms with van der Waals surface area (Å²) in [6.07, 6.45) is 3.87. The first-order chi connectivity index (χ1) is 16.9. The van der Waals surface area contributed by atoms with E-state index in [1.807, 2.05) is 52.0 Å². The molecule has 0 fully saturated rings. The number of carbonyl (C=O) groups excluding carboxylic acids is 3. The van der Waals surface area contributed by atoms with Gasteiger partial charge in [-0.3, -0.25) is 9.59 Å². The Morgan fingerprint density at radius 2 is 1.58 bits per heavy atom. The van der Waals surface area contributed by atoms with Crippen LogP contribution in [0.2, 0.25) is 0 Å². The normalized spacial score (nSPS) is 14.1. The Kier molecular flexibility index (Phi) is 13.0. The lowest BCUT2D eigenvalue weighted by Gasteiger charge is -2.39. The van der Waals surface area contributed by atoms with Gasteiger partial charge in [-0.15, -0.1) is 0 Å². The summed E-state index contributed by atoms with van der Waals surface area (Å²) in [4.78, 5) is 41.9. The third-order valence-electron chi connectivity index (χ3n) is 6.23. The summed E-state index contributed by atoms with van der Waals surface area (Å²) >= 11 is 0. The lowest BCUT2D eigenvalue weighted by Crippen LogP contribution is -2.57. The molecule has 0 saturated heterocycles. The summed E-state index contributed by atoms with van der Waals surface area (Å²) in [7, 11) is 0. The average molecular weight is 504 g/mol. The highest BCUT2D eigenvalue weighted by Crippen LogP contribution is 2.28. The van der Waals surface area contributed by atoms with Gasteiger partial charge in [-0.1, -0.05) is 71.7 Å². The molecule has 1 aromatic carbocycles. The van der Waals surface area contributed by atoms with Gasteiger partial charge in [-0.25, -0.2) is 4.79 Å². The number of nitrogens with zero attached hydrogens (tertiary/aromatic N) is 1. The number of nitrogens with one attached hydrogen (secondary N) is 2. The number of amides is 3. The fourth-order valence-electron chi connectivity index (χ4n) is 3.96. The highest BCUT2D eigenvalue weighted by Gasteiger charge is 2.39. The predicted molar refractivity (Wildman–Crippen MR) is 146 cm³/mol. The fourth-order valence-corrected chi connectivity index (χ4v) is 3.96. The number of benzene rings is 1. The van der Waals surface area contributed by atoms with Crippen LogP contribution in [0.3, 0.4) is 0 Å². The second kappa shape index (κ2) is 14.9. The molecule has 0 aliphatic carbocycles. The molecular weight excluding hydrogens is 454 g/mol. The molecule has 0 saturated carbocycles. The van der Waals surface area contributed by atoms with E-state index in [2.05, 4.69) is 24.5 Å². The number of unbranched alkanes of at least 4 members (excludes halogenated alkanes) is 2. The molecule has 1 aromatic rings. The molecule has 3 atom stereocenters. The summed E-state index contributed by atoms with van der Waals surface area (Å²) in [6, 6.07) is 6.01. The van der Waals surface area contributed by atoms with Gasteiger partial charge in [0, 0.05) is 12.6 Å². The van der Waals surface area contributed by atoms with Crippen LogP contribution in [0, 0.1) is 5.92 Å². The number of carbonyl (C=O) groups is 3. The molecule has 0 bridgehead atoms. The van der Waals surface area contributed by atoms with Crippen LogP contribution in [0.25, 0.3) is 0 Å². The first-order valence-corrected chi connectivity index (χ1v) is 13.5. The molecule has 0 spiro atoms. The number of ether oxygens (including phenoxy) is 1. The van der Waals surface area contributed by atoms with Crippen molar-refractivity contribution >= 4 is 17.9 Å². The van der Waals surface area contributed by atoms with E-state index in [0.29, 0.717) is 13.0 Å². The Hall–Kier alpha value is -2.57. The third kappa shape index (κ3) is 9.82. The Labute approximate surface area is 218 Å².